The molecule has 0 radical (unpaired) electrons. The maximum atomic E-state index is 13.3. The van der Waals surface area contributed by atoms with Gasteiger partial charge in [0.15, 0.2) is 0 Å². The quantitative estimate of drug-likeness (QED) is 0.806. The maximum absolute atomic E-state index is 13.3. The van der Waals surface area contributed by atoms with E-state index in [4.69, 9.17) is 0 Å². The highest BCUT2D eigenvalue weighted by molar-refractivity contribution is 6.07. The minimum atomic E-state index is -0.713. The van der Waals surface area contributed by atoms with Crippen LogP contribution in [-0.2, 0) is 4.79 Å². The summed E-state index contributed by atoms with van der Waals surface area (Å²) in [6, 6.07) is 1.56. The van der Waals surface area contributed by atoms with Crippen molar-refractivity contribution in [3.05, 3.63) is 18.5 Å². The molecule has 0 aromatic carbocycles. The molecule has 2 unspecified atom stereocenters. The fraction of sp³-hybridized carbons (Fsp3) is 0.684. The molecule has 2 atom stereocenters. The summed E-state index contributed by atoms with van der Waals surface area (Å²) in [7, 11) is 0. The van der Waals surface area contributed by atoms with Crippen molar-refractivity contribution < 1.29 is 9.59 Å². The molecule has 2 saturated heterocycles. The summed E-state index contributed by atoms with van der Waals surface area (Å²) in [5.41, 5.74) is -0.713. The standard InChI is InChI=1S/C19H28N6O2/c1-14-5-3-6-15(2)19(14)16(26)25(18(27)22-19)13-23-9-11-24(12-10-23)17-20-7-4-8-21-17/h4,7-8,14-15H,3,5-6,9-13H2,1-2H3,(H,22,27). The summed E-state index contributed by atoms with van der Waals surface area (Å²) in [6.45, 7) is 7.65. The number of hydrogen-bond acceptors (Lipinski definition) is 6. The van der Waals surface area contributed by atoms with E-state index < -0.39 is 5.54 Å². The van der Waals surface area contributed by atoms with Crippen LogP contribution >= 0.6 is 0 Å². The van der Waals surface area contributed by atoms with Gasteiger partial charge in [-0.3, -0.25) is 9.69 Å². The Morgan fingerprint density at radius 1 is 1.07 bits per heavy atom. The van der Waals surface area contributed by atoms with E-state index in [9.17, 15) is 9.59 Å². The van der Waals surface area contributed by atoms with E-state index in [-0.39, 0.29) is 23.8 Å². The van der Waals surface area contributed by atoms with E-state index in [0.717, 1.165) is 51.4 Å². The van der Waals surface area contributed by atoms with Crippen molar-refractivity contribution in [2.75, 3.05) is 37.7 Å². The van der Waals surface area contributed by atoms with Gasteiger partial charge < -0.3 is 10.2 Å². The first-order chi connectivity index (χ1) is 13.0. The fourth-order valence-electron chi connectivity index (χ4n) is 4.82. The minimum absolute atomic E-state index is 0.0407. The van der Waals surface area contributed by atoms with Gasteiger partial charge in [0.05, 0.1) is 6.67 Å². The number of carbonyl (C=O) groups is 2. The van der Waals surface area contributed by atoms with E-state index >= 15 is 0 Å². The molecule has 1 aromatic heterocycles. The molecule has 0 bridgehead atoms. The van der Waals surface area contributed by atoms with Gasteiger partial charge in [-0.25, -0.2) is 19.7 Å². The number of aromatic nitrogens is 2. The van der Waals surface area contributed by atoms with Crippen LogP contribution in [0.1, 0.15) is 33.1 Å². The second-order valence-electron chi connectivity index (χ2n) is 8.06. The summed E-state index contributed by atoms with van der Waals surface area (Å²) in [5, 5.41) is 3.07. The molecule has 8 nitrogen and oxygen atoms in total. The number of nitrogens with one attached hydrogen (secondary N) is 1. The lowest BCUT2D eigenvalue weighted by atomic mass is 9.67. The van der Waals surface area contributed by atoms with Crippen LogP contribution < -0.4 is 10.2 Å². The van der Waals surface area contributed by atoms with Crippen LogP contribution in [0.4, 0.5) is 10.7 Å². The first-order valence-corrected chi connectivity index (χ1v) is 9.91. The van der Waals surface area contributed by atoms with E-state index in [0.29, 0.717) is 6.67 Å². The van der Waals surface area contributed by atoms with Gasteiger partial charge >= 0.3 is 6.03 Å². The zero-order valence-electron chi connectivity index (χ0n) is 16.1. The van der Waals surface area contributed by atoms with Crippen LogP contribution in [0.3, 0.4) is 0 Å². The molecular formula is C19H28N6O2. The number of urea groups is 1. The largest absolute Gasteiger partial charge is 0.338 e. The van der Waals surface area contributed by atoms with E-state index in [1.165, 1.54) is 4.90 Å². The number of piperazine rings is 1. The lowest BCUT2D eigenvalue weighted by Gasteiger charge is -2.42. The van der Waals surface area contributed by atoms with E-state index in [1.54, 1.807) is 18.5 Å². The topological polar surface area (TPSA) is 81.7 Å². The lowest BCUT2D eigenvalue weighted by molar-refractivity contribution is -0.138. The van der Waals surface area contributed by atoms with Crippen molar-refractivity contribution in [2.24, 2.45) is 11.8 Å². The van der Waals surface area contributed by atoms with E-state index in [2.05, 4.69) is 38.9 Å². The third kappa shape index (κ3) is 3.05. The van der Waals surface area contributed by atoms with Crippen LogP contribution in [0, 0.1) is 11.8 Å². The van der Waals surface area contributed by atoms with Gasteiger partial charge in [0.2, 0.25) is 5.95 Å². The molecule has 8 heteroatoms. The lowest BCUT2D eigenvalue weighted by Crippen LogP contribution is -2.59. The highest BCUT2D eigenvalue weighted by Gasteiger charge is 2.58. The van der Waals surface area contributed by atoms with Gasteiger partial charge in [0, 0.05) is 38.6 Å². The van der Waals surface area contributed by atoms with Crippen LogP contribution in [-0.4, -0.2) is 70.1 Å². The Balaban J connectivity index is 1.40. The number of carbonyl (C=O) groups excluding carboxylic acids is 2. The van der Waals surface area contributed by atoms with Gasteiger partial charge in [-0.05, 0) is 30.7 Å². The highest BCUT2D eigenvalue weighted by atomic mass is 16.2. The predicted octanol–water partition coefficient (Wildman–Crippen LogP) is 1.30. The molecule has 3 heterocycles. The zero-order chi connectivity index (χ0) is 19.0. The Kier molecular flexibility index (Phi) is 4.75. The first-order valence-electron chi connectivity index (χ1n) is 9.91. The second-order valence-corrected chi connectivity index (χ2v) is 8.06. The third-order valence-corrected chi connectivity index (χ3v) is 6.54. The molecule has 1 aromatic rings. The molecule has 2 aliphatic heterocycles. The summed E-state index contributed by atoms with van der Waals surface area (Å²) in [4.78, 5) is 40.2. The van der Waals surface area contributed by atoms with Crippen molar-refractivity contribution in [2.45, 2.75) is 38.6 Å². The van der Waals surface area contributed by atoms with Crippen LogP contribution in [0.5, 0.6) is 0 Å². The number of nitrogens with zero attached hydrogens (tertiary/aromatic N) is 5. The van der Waals surface area contributed by atoms with Gasteiger partial charge in [0.1, 0.15) is 5.54 Å². The average Bonchev–Trinajstić information content (AvgIpc) is 2.93. The molecule has 3 aliphatic rings. The summed E-state index contributed by atoms with van der Waals surface area (Å²) >= 11 is 0. The average molecular weight is 372 g/mol. The Bertz CT molecular complexity index is 693. The summed E-state index contributed by atoms with van der Waals surface area (Å²) in [5.74, 6) is 1.04. The summed E-state index contributed by atoms with van der Waals surface area (Å²) in [6.07, 6.45) is 6.58. The van der Waals surface area contributed by atoms with Crippen molar-refractivity contribution in [1.82, 2.24) is 25.1 Å². The zero-order valence-corrected chi connectivity index (χ0v) is 16.1. The van der Waals surface area contributed by atoms with Crippen molar-refractivity contribution in [3.63, 3.8) is 0 Å². The Hall–Kier alpha value is -2.22. The van der Waals surface area contributed by atoms with Crippen molar-refractivity contribution in [3.8, 4) is 0 Å². The predicted molar refractivity (Wildman–Crippen MR) is 101 cm³/mol. The fourth-order valence-corrected chi connectivity index (χ4v) is 4.82. The molecule has 1 saturated carbocycles. The van der Waals surface area contributed by atoms with Crippen molar-refractivity contribution >= 4 is 17.9 Å². The normalized spacial score (nSPS) is 32.2. The molecule has 146 valence electrons. The first kappa shape index (κ1) is 18.2. The smallest absolute Gasteiger partial charge is 0.326 e. The maximum Gasteiger partial charge on any atom is 0.326 e. The Morgan fingerprint density at radius 2 is 1.70 bits per heavy atom. The number of hydrogen-bond donors (Lipinski definition) is 1. The van der Waals surface area contributed by atoms with Gasteiger partial charge in [-0.15, -0.1) is 0 Å². The number of anilines is 1. The molecule has 27 heavy (non-hydrogen) atoms. The third-order valence-electron chi connectivity index (χ3n) is 6.54. The number of rotatable bonds is 3. The highest BCUT2D eigenvalue weighted by Crippen LogP contribution is 2.42. The van der Waals surface area contributed by atoms with E-state index in [1.807, 2.05) is 0 Å². The molecule has 1 N–H and O–H groups in total. The Labute approximate surface area is 159 Å². The molecule has 3 fully saturated rings. The van der Waals surface area contributed by atoms with Gasteiger partial charge in [0.25, 0.3) is 5.91 Å². The molecular weight excluding hydrogens is 344 g/mol. The molecule has 4 rings (SSSR count). The number of imide groups is 1. The van der Waals surface area contributed by atoms with Gasteiger partial charge in [-0.1, -0.05) is 20.3 Å². The SMILES string of the molecule is CC1CCCC(C)C12NC(=O)N(CN1CCN(c3ncccn3)CC1)C2=O. The molecule has 3 amide bonds. The molecule has 1 aliphatic carbocycles. The van der Waals surface area contributed by atoms with Crippen LogP contribution in [0.2, 0.25) is 0 Å². The molecule has 1 spiro atoms. The monoisotopic (exact) mass is 372 g/mol. The second kappa shape index (κ2) is 7.07. The van der Waals surface area contributed by atoms with Gasteiger partial charge in [-0.2, -0.15) is 0 Å². The summed E-state index contributed by atoms with van der Waals surface area (Å²) < 4.78 is 0. The minimum Gasteiger partial charge on any atom is -0.338 e. The number of amides is 3. The van der Waals surface area contributed by atoms with Crippen LogP contribution in [0.25, 0.3) is 0 Å². The Morgan fingerprint density at radius 3 is 2.33 bits per heavy atom. The van der Waals surface area contributed by atoms with Crippen LogP contribution in [0.15, 0.2) is 18.5 Å². The van der Waals surface area contributed by atoms with Crippen molar-refractivity contribution in [1.29, 1.82) is 0 Å².